The summed E-state index contributed by atoms with van der Waals surface area (Å²) in [6.07, 6.45) is 1.11. The fourth-order valence-electron chi connectivity index (χ4n) is 3.68. The van der Waals surface area contributed by atoms with Crippen LogP contribution in [0.2, 0.25) is 0 Å². The number of ether oxygens (including phenoxy) is 2. The molecule has 2 aromatic rings. The van der Waals surface area contributed by atoms with Crippen molar-refractivity contribution in [2.45, 2.75) is 32.2 Å². The van der Waals surface area contributed by atoms with Crippen LogP contribution < -0.4 is 20.1 Å². The lowest BCUT2D eigenvalue weighted by Gasteiger charge is -2.22. The third kappa shape index (κ3) is 3.80. The van der Waals surface area contributed by atoms with Crippen LogP contribution in [-0.2, 0) is 22.4 Å². The first-order chi connectivity index (χ1) is 14.4. The molecule has 2 N–H and O–H groups in total. The first kappa shape index (κ1) is 19.8. The monoisotopic (exact) mass is 409 g/mol. The molecule has 0 radical (unpaired) electrons. The Morgan fingerprint density at radius 2 is 1.93 bits per heavy atom. The van der Waals surface area contributed by atoms with E-state index in [2.05, 4.69) is 10.6 Å². The van der Waals surface area contributed by atoms with Crippen molar-refractivity contribution in [1.29, 1.82) is 0 Å². The summed E-state index contributed by atoms with van der Waals surface area (Å²) < 4.78 is 10.7. The van der Waals surface area contributed by atoms with Gasteiger partial charge in [0.15, 0.2) is 11.5 Å². The Morgan fingerprint density at radius 1 is 1.13 bits per heavy atom. The van der Waals surface area contributed by atoms with Crippen molar-refractivity contribution in [3.8, 4) is 11.5 Å². The maximum Gasteiger partial charge on any atom is 0.325 e. The van der Waals surface area contributed by atoms with Crippen molar-refractivity contribution in [3.05, 3.63) is 53.6 Å². The van der Waals surface area contributed by atoms with Gasteiger partial charge >= 0.3 is 6.03 Å². The molecule has 0 aliphatic carbocycles. The second kappa shape index (κ2) is 7.70. The zero-order valence-corrected chi connectivity index (χ0v) is 16.9. The van der Waals surface area contributed by atoms with Crippen molar-refractivity contribution in [3.63, 3.8) is 0 Å². The highest BCUT2D eigenvalue weighted by molar-refractivity contribution is 6.10. The van der Waals surface area contributed by atoms with E-state index in [1.54, 1.807) is 25.1 Å². The van der Waals surface area contributed by atoms with Gasteiger partial charge in [0.1, 0.15) is 12.1 Å². The molecule has 1 saturated heterocycles. The molecule has 1 unspecified atom stereocenters. The van der Waals surface area contributed by atoms with Crippen LogP contribution in [0.3, 0.4) is 0 Å². The number of carbonyl (C=O) groups excluding carboxylic acids is 3. The summed E-state index contributed by atoms with van der Waals surface area (Å²) in [7, 11) is 0. The maximum absolute atomic E-state index is 13.0. The number of nitrogens with zero attached hydrogens (tertiary/aromatic N) is 1. The van der Waals surface area contributed by atoms with Crippen LogP contribution in [0, 0.1) is 0 Å². The number of benzene rings is 2. The predicted octanol–water partition coefficient (Wildman–Crippen LogP) is 2.47. The number of amides is 4. The van der Waals surface area contributed by atoms with Gasteiger partial charge in [-0.2, -0.15) is 0 Å². The van der Waals surface area contributed by atoms with Crippen LogP contribution in [0.1, 0.15) is 25.0 Å². The second-order valence-electron chi connectivity index (χ2n) is 7.62. The van der Waals surface area contributed by atoms with E-state index < -0.39 is 23.4 Å². The van der Waals surface area contributed by atoms with Crippen molar-refractivity contribution >= 4 is 23.5 Å². The minimum Gasteiger partial charge on any atom is -0.454 e. The van der Waals surface area contributed by atoms with Gasteiger partial charge < -0.3 is 20.1 Å². The Balaban J connectivity index is 1.43. The molecule has 8 heteroatoms. The van der Waals surface area contributed by atoms with Crippen LogP contribution in [0.15, 0.2) is 42.5 Å². The minimum atomic E-state index is -1.15. The summed E-state index contributed by atoms with van der Waals surface area (Å²) in [5.74, 6) is 0.385. The fourth-order valence-corrected chi connectivity index (χ4v) is 3.68. The number of fused-ring (bicyclic) bond motifs is 1. The first-order valence-electron chi connectivity index (χ1n) is 9.79. The Kier molecular flexibility index (Phi) is 5.07. The van der Waals surface area contributed by atoms with Gasteiger partial charge in [-0.05, 0) is 48.7 Å². The Hall–Kier alpha value is -3.55. The topological polar surface area (TPSA) is 97.0 Å². The SMILES string of the molecule is CCc1cccc(NC(=O)CN2C(=O)NC(C)(Cc3ccc4c(c3)OCO4)C2=O)c1. The normalized spacial score (nSPS) is 19.7. The average molecular weight is 409 g/mol. The number of hydrogen-bond donors (Lipinski definition) is 2. The van der Waals surface area contributed by atoms with Crippen LogP contribution in [0.25, 0.3) is 0 Å². The second-order valence-corrected chi connectivity index (χ2v) is 7.62. The molecule has 0 spiro atoms. The van der Waals surface area contributed by atoms with Gasteiger partial charge in [0.2, 0.25) is 12.7 Å². The molecular weight excluding hydrogens is 386 g/mol. The predicted molar refractivity (Wildman–Crippen MR) is 109 cm³/mol. The molecule has 156 valence electrons. The van der Waals surface area contributed by atoms with Crippen molar-refractivity contribution in [2.24, 2.45) is 0 Å². The quantitative estimate of drug-likeness (QED) is 0.715. The standard InChI is InChI=1S/C22H23N3O5/c1-3-14-5-4-6-16(9-14)23-19(26)12-25-20(27)22(2,24-21(25)28)11-15-7-8-17-18(10-15)30-13-29-17/h4-10H,3,11-13H2,1-2H3,(H,23,26)(H,24,28). The zero-order chi connectivity index (χ0) is 21.3. The Labute approximate surface area is 174 Å². The van der Waals surface area contributed by atoms with Gasteiger partial charge in [-0.15, -0.1) is 0 Å². The number of imide groups is 1. The van der Waals surface area contributed by atoms with Gasteiger partial charge in [-0.3, -0.25) is 14.5 Å². The average Bonchev–Trinajstić information content (AvgIpc) is 3.26. The molecule has 2 aliphatic heterocycles. The van der Waals surface area contributed by atoms with E-state index in [0.717, 1.165) is 22.4 Å². The third-order valence-electron chi connectivity index (χ3n) is 5.26. The summed E-state index contributed by atoms with van der Waals surface area (Å²) in [4.78, 5) is 38.8. The molecule has 30 heavy (non-hydrogen) atoms. The molecule has 2 heterocycles. The first-order valence-corrected chi connectivity index (χ1v) is 9.79. The Morgan fingerprint density at radius 3 is 2.73 bits per heavy atom. The van der Waals surface area contributed by atoms with E-state index in [0.29, 0.717) is 17.2 Å². The van der Waals surface area contributed by atoms with Crippen molar-refractivity contribution in [2.75, 3.05) is 18.7 Å². The fraction of sp³-hybridized carbons (Fsp3) is 0.318. The van der Waals surface area contributed by atoms with Crippen LogP contribution in [-0.4, -0.2) is 41.6 Å². The lowest BCUT2D eigenvalue weighted by molar-refractivity contribution is -0.133. The number of aryl methyl sites for hydroxylation is 1. The summed E-state index contributed by atoms with van der Waals surface area (Å²) in [6, 6.07) is 12.3. The van der Waals surface area contributed by atoms with Crippen LogP contribution >= 0.6 is 0 Å². The number of nitrogens with one attached hydrogen (secondary N) is 2. The summed E-state index contributed by atoms with van der Waals surface area (Å²) in [5.41, 5.74) is 1.39. The zero-order valence-electron chi connectivity index (χ0n) is 16.9. The van der Waals surface area contributed by atoms with Gasteiger partial charge in [-0.1, -0.05) is 25.1 Å². The van der Waals surface area contributed by atoms with Crippen molar-refractivity contribution in [1.82, 2.24) is 10.2 Å². The lowest BCUT2D eigenvalue weighted by atomic mass is 9.92. The summed E-state index contributed by atoms with van der Waals surface area (Å²) >= 11 is 0. The number of urea groups is 1. The van der Waals surface area contributed by atoms with Crippen LogP contribution in [0.5, 0.6) is 11.5 Å². The molecule has 0 saturated carbocycles. The number of carbonyl (C=O) groups is 3. The van der Waals surface area contributed by atoms with Crippen molar-refractivity contribution < 1.29 is 23.9 Å². The van der Waals surface area contributed by atoms with Gasteiger partial charge in [0.05, 0.1) is 0 Å². The Bertz CT molecular complexity index is 1020. The molecule has 2 aliphatic rings. The van der Waals surface area contributed by atoms with Gasteiger partial charge in [0.25, 0.3) is 5.91 Å². The highest BCUT2D eigenvalue weighted by Gasteiger charge is 2.48. The van der Waals surface area contributed by atoms with E-state index in [1.807, 2.05) is 31.2 Å². The van der Waals surface area contributed by atoms with E-state index in [4.69, 9.17) is 9.47 Å². The third-order valence-corrected chi connectivity index (χ3v) is 5.26. The number of hydrogen-bond acceptors (Lipinski definition) is 5. The summed E-state index contributed by atoms with van der Waals surface area (Å²) in [5, 5.41) is 5.47. The number of anilines is 1. The molecule has 0 aromatic heterocycles. The molecule has 2 aromatic carbocycles. The van der Waals surface area contributed by atoms with E-state index in [-0.39, 0.29) is 19.8 Å². The summed E-state index contributed by atoms with van der Waals surface area (Å²) in [6.45, 7) is 3.49. The van der Waals surface area contributed by atoms with E-state index in [1.165, 1.54) is 0 Å². The molecule has 1 atom stereocenters. The molecule has 4 rings (SSSR count). The minimum absolute atomic E-state index is 0.162. The van der Waals surface area contributed by atoms with Crippen LogP contribution in [0.4, 0.5) is 10.5 Å². The highest BCUT2D eigenvalue weighted by Crippen LogP contribution is 2.34. The number of rotatable bonds is 6. The smallest absolute Gasteiger partial charge is 0.325 e. The van der Waals surface area contributed by atoms with E-state index in [9.17, 15) is 14.4 Å². The largest absolute Gasteiger partial charge is 0.454 e. The van der Waals surface area contributed by atoms with Gasteiger partial charge in [0, 0.05) is 12.1 Å². The van der Waals surface area contributed by atoms with E-state index >= 15 is 0 Å². The molecular formula is C22H23N3O5. The lowest BCUT2D eigenvalue weighted by Crippen LogP contribution is -2.46. The molecule has 4 amide bonds. The highest BCUT2D eigenvalue weighted by atomic mass is 16.7. The molecule has 1 fully saturated rings. The molecule has 0 bridgehead atoms. The van der Waals surface area contributed by atoms with Gasteiger partial charge in [-0.25, -0.2) is 4.79 Å². The molecule has 8 nitrogen and oxygen atoms in total. The maximum atomic E-state index is 13.0.